The van der Waals surface area contributed by atoms with Crippen LogP contribution in [0.25, 0.3) is 0 Å². The summed E-state index contributed by atoms with van der Waals surface area (Å²) in [4.78, 5) is 39.9. The van der Waals surface area contributed by atoms with Gasteiger partial charge in [0.1, 0.15) is 12.5 Å². The number of carbonyl (C=O) groups excluding carboxylic acids is 3. The van der Waals surface area contributed by atoms with Crippen molar-refractivity contribution in [2.24, 2.45) is 11.8 Å². The molecule has 2 aliphatic heterocycles. The van der Waals surface area contributed by atoms with Crippen molar-refractivity contribution in [2.45, 2.75) is 25.9 Å². The zero-order chi connectivity index (χ0) is 20.1. The third kappa shape index (κ3) is 4.60. The van der Waals surface area contributed by atoms with Crippen molar-refractivity contribution in [1.82, 2.24) is 9.80 Å². The summed E-state index contributed by atoms with van der Waals surface area (Å²) in [7, 11) is 0. The number of carbonyl (C=O) groups is 3. The molecule has 8 heteroatoms. The molecule has 3 aliphatic rings. The topological polar surface area (TPSA) is 99.9 Å². The van der Waals surface area contributed by atoms with Gasteiger partial charge in [-0.1, -0.05) is 12.2 Å². The van der Waals surface area contributed by atoms with E-state index in [1.807, 2.05) is 23.2 Å². The van der Waals surface area contributed by atoms with Crippen LogP contribution in [-0.2, 0) is 23.9 Å². The standard InChI is InChI=1S/C20H25N3O5/c1-2-27-19(25)13-28-16-5-7-23(8-6-16)18(24)12-22-10-15-4-3-14(9-21)20(26)17(15)11-22/h3-4,10,14,16-17H,2,5-8,11-13H2,1H3. The molecule has 0 N–H and O–H groups in total. The molecule has 1 saturated heterocycles. The van der Waals surface area contributed by atoms with Gasteiger partial charge in [0.25, 0.3) is 0 Å². The van der Waals surface area contributed by atoms with E-state index in [-0.39, 0.29) is 42.8 Å². The summed E-state index contributed by atoms with van der Waals surface area (Å²) in [5.74, 6) is -1.46. The molecule has 0 saturated carbocycles. The molecular weight excluding hydrogens is 362 g/mol. The zero-order valence-electron chi connectivity index (χ0n) is 16.0. The first-order chi connectivity index (χ1) is 13.5. The molecule has 0 aromatic carbocycles. The Bertz CT molecular complexity index is 731. The van der Waals surface area contributed by atoms with E-state index in [0.29, 0.717) is 39.1 Å². The molecule has 2 unspecified atom stereocenters. The lowest BCUT2D eigenvalue weighted by Gasteiger charge is -2.33. The fourth-order valence-electron chi connectivity index (χ4n) is 3.78. The van der Waals surface area contributed by atoms with Crippen LogP contribution >= 0.6 is 0 Å². The van der Waals surface area contributed by atoms with Crippen LogP contribution in [0.4, 0.5) is 0 Å². The Labute approximate surface area is 164 Å². The average molecular weight is 387 g/mol. The Hall–Kier alpha value is -2.66. The number of esters is 1. The monoisotopic (exact) mass is 387 g/mol. The number of ketones is 1. The van der Waals surface area contributed by atoms with Crippen molar-refractivity contribution in [3.63, 3.8) is 0 Å². The lowest BCUT2D eigenvalue weighted by atomic mass is 9.84. The molecule has 1 aliphatic carbocycles. The van der Waals surface area contributed by atoms with Crippen LogP contribution in [0.1, 0.15) is 19.8 Å². The molecule has 0 bridgehead atoms. The predicted octanol–water partition coefficient (Wildman–Crippen LogP) is 0.651. The molecule has 1 amide bonds. The summed E-state index contributed by atoms with van der Waals surface area (Å²) < 4.78 is 10.4. The minimum absolute atomic E-state index is 0.00704. The fourth-order valence-corrected chi connectivity index (χ4v) is 3.78. The van der Waals surface area contributed by atoms with Gasteiger partial charge in [0.05, 0.1) is 31.2 Å². The van der Waals surface area contributed by atoms with Gasteiger partial charge in [-0.05, 0) is 25.3 Å². The van der Waals surface area contributed by atoms with Gasteiger partial charge < -0.3 is 19.3 Å². The van der Waals surface area contributed by atoms with Gasteiger partial charge in [-0.15, -0.1) is 0 Å². The van der Waals surface area contributed by atoms with Crippen molar-refractivity contribution < 1.29 is 23.9 Å². The molecule has 1 fully saturated rings. The lowest BCUT2D eigenvalue weighted by molar-refractivity contribution is -0.152. The van der Waals surface area contributed by atoms with E-state index >= 15 is 0 Å². The summed E-state index contributed by atoms with van der Waals surface area (Å²) in [5.41, 5.74) is 0.871. The van der Waals surface area contributed by atoms with E-state index in [1.54, 1.807) is 17.9 Å². The number of allylic oxidation sites excluding steroid dienone is 2. The summed E-state index contributed by atoms with van der Waals surface area (Å²) in [6.45, 7) is 3.85. The van der Waals surface area contributed by atoms with E-state index in [2.05, 4.69) is 0 Å². The minimum atomic E-state index is -0.688. The summed E-state index contributed by atoms with van der Waals surface area (Å²) in [6.07, 6.45) is 6.60. The highest BCUT2D eigenvalue weighted by Gasteiger charge is 2.36. The number of nitriles is 1. The Morgan fingerprint density at radius 3 is 2.75 bits per heavy atom. The van der Waals surface area contributed by atoms with Gasteiger partial charge in [0, 0.05) is 25.8 Å². The molecule has 150 valence electrons. The van der Waals surface area contributed by atoms with Gasteiger partial charge in [0.15, 0.2) is 5.78 Å². The second kappa shape index (κ2) is 9.02. The first-order valence-electron chi connectivity index (χ1n) is 9.64. The summed E-state index contributed by atoms with van der Waals surface area (Å²) in [5, 5.41) is 9.03. The molecule has 0 spiro atoms. The second-order valence-electron chi connectivity index (χ2n) is 7.18. The quantitative estimate of drug-likeness (QED) is 0.617. The smallest absolute Gasteiger partial charge is 0.332 e. The van der Waals surface area contributed by atoms with Crippen molar-refractivity contribution in [3.8, 4) is 6.07 Å². The van der Waals surface area contributed by atoms with E-state index in [0.717, 1.165) is 5.57 Å². The third-order valence-corrected chi connectivity index (χ3v) is 5.30. The van der Waals surface area contributed by atoms with Crippen molar-refractivity contribution in [1.29, 1.82) is 5.26 Å². The van der Waals surface area contributed by atoms with Crippen LogP contribution in [0.2, 0.25) is 0 Å². The summed E-state index contributed by atoms with van der Waals surface area (Å²) in [6, 6.07) is 2.00. The zero-order valence-corrected chi connectivity index (χ0v) is 16.0. The first-order valence-corrected chi connectivity index (χ1v) is 9.64. The maximum atomic E-state index is 12.6. The minimum Gasteiger partial charge on any atom is -0.464 e. The number of rotatable bonds is 6. The van der Waals surface area contributed by atoms with Crippen LogP contribution in [-0.4, -0.2) is 73.0 Å². The first kappa shape index (κ1) is 20.1. The Kier molecular flexibility index (Phi) is 6.47. The Morgan fingerprint density at radius 2 is 2.07 bits per heavy atom. The van der Waals surface area contributed by atoms with Gasteiger partial charge in [0.2, 0.25) is 5.91 Å². The number of likely N-dealkylation sites (tertiary alicyclic amines) is 1. The number of amides is 1. The fraction of sp³-hybridized carbons (Fsp3) is 0.600. The highest BCUT2D eigenvalue weighted by atomic mass is 16.6. The largest absolute Gasteiger partial charge is 0.464 e. The molecule has 28 heavy (non-hydrogen) atoms. The molecule has 0 radical (unpaired) electrons. The maximum Gasteiger partial charge on any atom is 0.332 e. The lowest BCUT2D eigenvalue weighted by Crippen LogP contribution is -2.45. The van der Waals surface area contributed by atoms with Crippen molar-refractivity contribution >= 4 is 17.7 Å². The maximum absolute atomic E-state index is 12.6. The number of ether oxygens (including phenoxy) is 2. The van der Waals surface area contributed by atoms with Crippen molar-refractivity contribution in [3.05, 3.63) is 23.9 Å². The molecule has 8 nitrogen and oxygen atoms in total. The third-order valence-electron chi connectivity index (χ3n) is 5.30. The summed E-state index contributed by atoms with van der Waals surface area (Å²) >= 11 is 0. The molecule has 0 aromatic heterocycles. The Morgan fingerprint density at radius 1 is 1.32 bits per heavy atom. The van der Waals surface area contributed by atoms with E-state index < -0.39 is 5.92 Å². The number of nitrogens with zero attached hydrogens (tertiary/aromatic N) is 3. The van der Waals surface area contributed by atoms with Crippen LogP contribution in [0.3, 0.4) is 0 Å². The molecule has 0 aromatic rings. The second-order valence-corrected chi connectivity index (χ2v) is 7.18. The van der Waals surface area contributed by atoms with E-state index in [4.69, 9.17) is 14.7 Å². The van der Waals surface area contributed by atoms with E-state index in [9.17, 15) is 14.4 Å². The Balaban J connectivity index is 1.43. The SMILES string of the molecule is CCOC(=O)COC1CCN(C(=O)CN2C=C3C=CC(C#N)C(=O)C3C2)CC1. The van der Waals surface area contributed by atoms with Gasteiger partial charge in [-0.2, -0.15) is 5.26 Å². The van der Waals surface area contributed by atoms with Crippen molar-refractivity contribution in [2.75, 3.05) is 39.4 Å². The van der Waals surface area contributed by atoms with Gasteiger partial charge in [-0.25, -0.2) is 4.79 Å². The van der Waals surface area contributed by atoms with E-state index in [1.165, 1.54) is 0 Å². The average Bonchev–Trinajstić information content (AvgIpc) is 3.11. The number of fused-ring (bicyclic) bond motifs is 1. The molecular formula is C20H25N3O5. The van der Waals surface area contributed by atoms with Gasteiger partial charge >= 0.3 is 5.97 Å². The number of hydrogen-bond donors (Lipinski definition) is 0. The molecule has 2 atom stereocenters. The number of piperidine rings is 1. The number of hydrogen-bond acceptors (Lipinski definition) is 7. The van der Waals surface area contributed by atoms with Crippen LogP contribution < -0.4 is 0 Å². The molecule has 3 rings (SSSR count). The highest BCUT2D eigenvalue weighted by molar-refractivity contribution is 5.92. The van der Waals surface area contributed by atoms with Gasteiger partial charge in [-0.3, -0.25) is 9.59 Å². The number of Topliss-reactive ketones (excluding diaryl/α,β-unsaturated/α-hetero) is 1. The normalized spacial score (nSPS) is 24.6. The predicted molar refractivity (Wildman–Crippen MR) is 98.6 cm³/mol. The van der Waals surface area contributed by atoms with Crippen LogP contribution in [0.5, 0.6) is 0 Å². The van der Waals surface area contributed by atoms with Crippen LogP contribution in [0, 0.1) is 23.2 Å². The molecule has 2 heterocycles. The van der Waals surface area contributed by atoms with Crippen LogP contribution in [0.15, 0.2) is 23.9 Å². The highest BCUT2D eigenvalue weighted by Crippen LogP contribution is 2.30.